The molecule has 2 aromatic carbocycles. The Balaban J connectivity index is 1.69. The fraction of sp³-hybridized carbons (Fsp3) is 0.269. The van der Waals surface area contributed by atoms with Crippen molar-refractivity contribution in [2.45, 2.75) is 19.8 Å². The average molecular weight is 468 g/mol. The Morgan fingerprint density at radius 3 is 1.91 bits per heavy atom. The van der Waals surface area contributed by atoms with Crippen molar-refractivity contribution < 1.29 is 27.6 Å². The molecule has 8 heteroatoms. The summed E-state index contributed by atoms with van der Waals surface area (Å²) in [5.74, 6) is -2.64. The topological polar surface area (TPSA) is 57.7 Å². The quantitative estimate of drug-likeness (QED) is 0.608. The van der Waals surface area contributed by atoms with Crippen LogP contribution in [0.25, 0.3) is 12.2 Å². The van der Waals surface area contributed by atoms with E-state index in [1.165, 1.54) is 23.1 Å². The Morgan fingerprint density at radius 1 is 0.794 bits per heavy atom. The molecule has 2 heterocycles. The molecule has 0 aliphatic carbocycles. The van der Waals surface area contributed by atoms with Crippen LogP contribution in [0.1, 0.15) is 29.5 Å². The molecule has 0 N–H and O–H groups in total. The number of halogens is 3. The number of hydrogen-bond donors (Lipinski definition) is 0. The minimum atomic E-state index is -1.04. The number of Topliss-reactive ketones (excluding diaryl/α,β-unsaturated/α-hetero) is 2. The molecule has 2 aromatic rings. The Labute approximate surface area is 195 Å². The number of nitrogens with zero attached hydrogens (tertiary/aromatic N) is 2. The summed E-state index contributed by atoms with van der Waals surface area (Å²) in [5.41, 5.74) is 1.86. The smallest absolute Gasteiger partial charge is 0.320 e. The van der Waals surface area contributed by atoms with Crippen LogP contribution in [0.4, 0.5) is 18.0 Å². The Bertz CT molecular complexity index is 1150. The maximum absolute atomic E-state index is 13.7. The van der Waals surface area contributed by atoms with Crippen LogP contribution in [0.15, 0.2) is 47.5 Å². The first kappa shape index (κ1) is 23.5. The van der Waals surface area contributed by atoms with Crippen molar-refractivity contribution in [2.75, 3.05) is 26.2 Å². The molecule has 4 rings (SSSR count). The van der Waals surface area contributed by atoms with Gasteiger partial charge in [0.2, 0.25) is 0 Å². The molecule has 2 aliphatic heterocycles. The predicted octanol–water partition coefficient (Wildman–Crippen LogP) is 4.55. The predicted molar refractivity (Wildman–Crippen MR) is 121 cm³/mol. The first-order chi connectivity index (χ1) is 16.2. The SMILES string of the molecule is Cc1cc(/C=C2\CN(C(=O)N3CCC(=O)CC3)C/C(=C\c3ccc(F)c(F)c3)C2=O)ccc1F. The molecule has 2 saturated heterocycles. The fourth-order valence-electron chi connectivity index (χ4n) is 4.08. The van der Waals surface area contributed by atoms with Crippen LogP contribution in [-0.2, 0) is 9.59 Å². The number of benzene rings is 2. The molecule has 0 aromatic heterocycles. The van der Waals surface area contributed by atoms with Gasteiger partial charge < -0.3 is 9.80 Å². The number of urea groups is 1. The Kier molecular flexibility index (Phi) is 6.68. The van der Waals surface area contributed by atoms with E-state index in [0.29, 0.717) is 29.8 Å². The molecule has 0 spiro atoms. The summed E-state index contributed by atoms with van der Waals surface area (Å²) >= 11 is 0. The minimum absolute atomic E-state index is 0.0130. The van der Waals surface area contributed by atoms with Gasteiger partial charge in [-0.2, -0.15) is 0 Å². The standard InChI is InChI=1S/C26H23F3N2O3/c1-16-10-17(2-4-22(16)27)11-19-14-31(26(34)30-8-6-21(32)7-9-30)15-20(25(19)33)12-18-3-5-23(28)24(29)13-18/h2-5,10-13H,6-9,14-15H2,1H3/b19-11+,20-12+. The second kappa shape index (κ2) is 9.67. The van der Waals surface area contributed by atoms with Crippen LogP contribution in [0.3, 0.4) is 0 Å². The normalized spacial score (nSPS) is 19.3. The number of ketones is 2. The van der Waals surface area contributed by atoms with Gasteiger partial charge in [-0.1, -0.05) is 12.1 Å². The molecular weight excluding hydrogens is 445 g/mol. The molecule has 5 nitrogen and oxygen atoms in total. The lowest BCUT2D eigenvalue weighted by Crippen LogP contribution is -2.50. The Hall–Kier alpha value is -3.68. The Morgan fingerprint density at radius 2 is 1.35 bits per heavy atom. The van der Waals surface area contributed by atoms with Crippen LogP contribution in [0, 0.1) is 24.4 Å². The first-order valence-electron chi connectivity index (χ1n) is 10.9. The number of hydrogen-bond acceptors (Lipinski definition) is 3. The van der Waals surface area contributed by atoms with E-state index in [1.54, 1.807) is 30.0 Å². The fourth-order valence-corrected chi connectivity index (χ4v) is 4.08. The van der Waals surface area contributed by atoms with Gasteiger partial charge in [0.05, 0.1) is 13.1 Å². The summed E-state index contributed by atoms with van der Waals surface area (Å²) in [6.45, 7) is 2.25. The van der Waals surface area contributed by atoms with E-state index in [4.69, 9.17) is 0 Å². The second-order valence-corrected chi connectivity index (χ2v) is 8.51. The van der Waals surface area contributed by atoms with Crippen molar-refractivity contribution in [3.8, 4) is 0 Å². The summed E-state index contributed by atoms with van der Waals surface area (Å²) in [6.07, 6.45) is 3.61. The molecule has 2 fully saturated rings. The van der Waals surface area contributed by atoms with Crippen molar-refractivity contribution >= 4 is 29.7 Å². The lowest BCUT2D eigenvalue weighted by molar-refractivity contribution is -0.121. The van der Waals surface area contributed by atoms with E-state index in [-0.39, 0.29) is 60.5 Å². The third-order valence-corrected chi connectivity index (χ3v) is 5.98. The van der Waals surface area contributed by atoms with Gasteiger partial charge in [-0.3, -0.25) is 9.59 Å². The summed E-state index contributed by atoms with van der Waals surface area (Å²) in [7, 11) is 0. The van der Waals surface area contributed by atoms with Gasteiger partial charge in [-0.15, -0.1) is 0 Å². The minimum Gasteiger partial charge on any atom is -0.324 e. The highest BCUT2D eigenvalue weighted by Crippen LogP contribution is 2.25. The molecule has 2 aliphatic rings. The lowest BCUT2D eigenvalue weighted by Gasteiger charge is -2.36. The number of carbonyl (C=O) groups is 3. The third-order valence-electron chi connectivity index (χ3n) is 5.98. The number of carbonyl (C=O) groups excluding carboxylic acids is 3. The number of rotatable bonds is 2. The summed E-state index contributed by atoms with van der Waals surface area (Å²) < 4.78 is 40.7. The number of aryl methyl sites for hydroxylation is 1. The maximum Gasteiger partial charge on any atom is 0.320 e. The number of amides is 2. The molecule has 0 unspecified atom stereocenters. The average Bonchev–Trinajstić information content (AvgIpc) is 2.81. The van der Waals surface area contributed by atoms with Gasteiger partial charge in [0.15, 0.2) is 17.4 Å². The van der Waals surface area contributed by atoms with E-state index in [1.807, 2.05) is 0 Å². The van der Waals surface area contributed by atoms with Crippen LogP contribution in [0.5, 0.6) is 0 Å². The molecule has 176 valence electrons. The monoisotopic (exact) mass is 468 g/mol. The van der Waals surface area contributed by atoms with Crippen LogP contribution in [0.2, 0.25) is 0 Å². The molecule has 0 atom stereocenters. The van der Waals surface area contributed by atoms with Crippen molar-refractivity contribution in [2.24, 2.45) is 0 Å². The zero-order chi connectivity index (χ0) is 24.4. The second-order valence-electron chi connectivity index (χ2n) is 8.51. The molecule has 0 radical (unpaired) electrons. The van der Waals surface area contributed by atoms with Gasteiger partial charge >= 0.3 is 6.03 Å². The molecule has 2 amide bonds. The summed E-state index contributed by atoms with van der Waals surface area (Å²) in [6, 6.07) is 7.45. The van der Waals surface area contributed by atoms with Crippen LogP contribution < -0.4 is 0 Å². The van der Waals surface area contributed by atoms with E-state index in [0.717, 1.165) is 12.1 Å². The van der Waals surface area contributed by atoms with Gasteiger partial charge in [0, 0.05) is 37.1 Å². The van der Waals surface area contributed by atoms with Crippen molar-refractivity contribution in [1.29, 1.82) is 0 Å². The highest BCUT2D eigenvalue weighted by molar-refractivity contribution is 6.15. The summed E-state index contributed by atoms with van der Waals surface area (Å²) in [5, 5.41) is 0. The molecule has 0 saturated carbocycles. The van der Waals surface area contributed by atoms with E-state index >= 15 is 0 Å². The van der Waals surface area contributed by atoms with Gasteiger partial charge in [0.1, 0.15) is 11.6 Å². The first-order valence-corrected chi connectivity index (χ1v) is 10.9. The van der Waals surface area contributed by atoms with Gasteiger partial charge in [-0.05, 0) is 60.0 Å². The molecular formula is C26H23F3N2O3. The van der Waals surface area contributed by atoms with Gasteiger partial charge in [-0.25, -0.2) is 18.0 Å². The van der Waals surface area contributed by atoms with Crippen LogP contribution >= 0.6 is 0 Å². The highest BCUT2D eigenvalue weighted by Gasteiger charge is 2.32. The third kappa shape index (κ3) is 5.11. The molecule has 0 bridgehead atoms. The number of piperidine rings is 2. The van der Waals surface area contributed by atoms with Crippen molar-refractivity contribution in [1.82, 2.24) is 9.80 Å². The maximum atomic E-state index is 13.7. The highest BCUT2D eigenvalue weighted by atomic mass is 19.2. The zero-order valence-electron chi connectivity index (χ0n) is 18.6. The number of likely N-dealkylation sites (tertiary alicyclic amines) is 2. The van der Waals surface area contributed by atoms with E-state index in [2.05, 4.69) is 0 Å². The summed E-state index contributed by atoms with van der Waals surface area (Å²) in [4.78, 5) is 41.1. The van der Waals surface area contributed by atoms with Crippen molar-refractivity contribution in [3.05, 3.63) is 81.7 Å². The largest absolute Gasteiger partial charge is 0.324 e. The zero-order valence-corrected chi connectivity index (χ0v) is 18.6. The van der Waals surface area contributed by atoms with Gasteiger partial charge in [0.25, 0.3) is 0 Å². The van der Waals surface area contributed by atoms with Crippen molar-refractivity contribution in [3.63, 3.8) is 0 Å². The molecule has 34 heavy (non-hydrogen) atoms. The van der Waals surface area contributed by atoms with E-state index < -0.39 is 11.6 Å². The van der Waals surface area contributed by atoms with Crippen LogP contribution in [-0.4, -0.2) is 53.6 Å². The lowest BCUT2D eigenvalue weighted by atomic mass is 9.94. The van der Waals surface area contributed by atoms with E-state index in [9.17, 15) is 27.6 Å².